The fraction of sp³-hybridized carbons (Fsp3) is 0.348. The van der Waals surface area contributed by atoms with Gasteiger partial charge in [0.15, 0.2) is 5.82 Å². The van der Waals surface area contributed by atoms with Crippen LogP contribution in [0.2, 0.25) is 0 Å². The van der Waals surface area contributed by atoms with E-state index in [1.807, 2.05) is 48.5 Å². The molecule has 5 rings (SSSR count). The molecule has 1 aliphatic rings. The minimum Gasteiger partial charge on any atom is -0.353 e. The molecule has 184 valence electrons. The highest BCUT2D eigenvalue weighted by atomic mass is 35.5. The van der Waals surface area contributed by atoms with Crippen molar-refractivity contribution in [3.63, 3.8) is 0 Å². The summed E-state index contributed by atoms with van der Waals surface area (Å²) in [5, 5.41) is 7.88. The standard InChI is InChI=1S/C23H27N7O.3ClH/c24-12-15-29-13-10-18(11-14-29)25-23-26-19-8-4-5-9-20(19)30(23)16-21-27-22(31-28-21)17-6-2-1-3-7-17;;;/h1-9,18H,10-16,24H2,(H,25,26);3*1H. The van der Waals surface area contributed by atoms with Gasteiger partial charge in [0.25, 0.3) is 5.89 Å². The Labute approximate surface area is 217 Å². The zero-order valence-corrected chi connectivity index (χ0v) is 21.1. The number of anilines is 1. The number of likely N-dealkylation sites (tertiary alicyclic amines) is 1. The van der Waals surface area contributed by atoms with Crippen molar-refractivity contribution >= 4 is 54.2 Å². The molecule has 0 bridgehead atoms. The van der Waals surface area contributed by atoms with Crippen molar-refractivity contribution < 1.29 is 4.52 Å². The van der Waals surface area contributed by atoms with Gasteiger partial charge in [-0.05, 0) is 37.1 Å². The van der Waals surface area contributed by atoms with Gasteiger partial charge in [0.2, 0.25) is 5.95 Å². The molecule has 0 aliphatic carbocycles. The van der Waals surface area contributed by atoms with Crippen LogP contribution in [0.25, 0.3) is 22.5 Å². The second-order valence-corrected chi connectivity index (χ2v) is 7.94. The molecule has 1 aliphatic heterocycles. The van der Waals surface area contributed by atoms with Gasteiger partial charge < -0.3 is 25.0 Å². The smallest absolute Gasteiger partial charge is 0.257 e. The van der Waals surface area contributed by atoms with E-state index in [0.717, 1.165) is 55.0 Å². The van der Waals surface area contributed by atoms with E-state index in [9.17, 15) is 0 Å². The molecule has 2 aromatic heterocycles. The van der Waals surface area contributed by atoms with Crippen molar-refractivity contribution in [2.45, 2.75) is 25.4 Å². The Hall–Kier alpha value is -2.36. The van der Waals surface area contributed by atoms with Crippen LogP contribution in [0.1, 0.15) is 18.7 Å². The number of fused-ring (bicyclic) bond motifs is 1. The van der Waals surface area contributed by atoms with Gasteiger partial charge in [0.1, 0.15) is 0 Å². The number of nitrogens with zero attached hydrogens (tertiary/aromatic N) is 5. The zero-order valence-electron chi connectivity index (χ0n) is 18.7. The number of piperidine rings is 1. The van der Waals surface area contributed by atoms with Gasteiger partial charge in [-0.1, -0.05) is 35.5 Å². The maximum absolute atomic E-state index is 5.70. The van der Waals surface area contributed by atoms with Crippen LogP contribution in [0.4, 0.5) is 5.95 Å². The summed E-state index contributed by atoms with van der Waals surface area (Å²) >= 11 is 0. The van der Waals surface area contributed by atoms with E-state index in [-0.39, 0.29) is 37.2 Å². The summed E-state index contributed by atoms with van der Waals surface area (Å²) in [7, 11) is 0. The summed E-state index contributed by atoms with van der Waals surface area (Å²) in [6, 6.07) is 18.4. The summed E-state index contributed by atoms with van der Waals surface area (Å²) in [4.78, 5) is 11.9. The van der Waals surface area contributed by atoms with Gasteiger partial charge in [-0.15, -0.1) is 37.2 Å². The molecule has 3 N–H and O–H groups in total. The molecule has 0 unspecified atom stereocenters. The van der Waals surface area contributed by atoms with E-state index in [4.69, 9.17) is 15.2 Å². The third-order valence-corrected chi connectivity index (χ3v) is 5.81. The number of rotatable bonds is 7. The highest BCUT2D eigenvalue weighted by molar-refractivity contribution is 5.86. The summed E-state index contributed by atoms with van der Waals surface area (Å²) in [5.41, 5.74) is 8.63. The fourth-order valence-corrected chi connectivity index (χ4v) is 4.17. The van der Waals surface area contributed by atoms with Crippen molar-refractivity contribution in [3.8, 4) is 11.5 Å². The lowest BCUT2D eigenvalue weighted by molar-refractivity contribution is 0.224. The third kappa shape index (κ3) is 6.20. The predicted octanol–water partition coefficient (Wildman–Crippen LogP) is 4.24. The third-order valence-electron chi connectivity index (χ3n) is 5.81. The Morgan fingerprint density at radius 1 is 0.941 bits per heavy atom. The van der Waals surface area contributed by atoms with Crippen molar-refractivity contribution in [2.75, 3.05) is 31.5 Å². The molecular formula is C23H30Cl3N7O. The molecule has 0 atom stereocenters. The number of nitrogens with two attached hydrogens (primary N) is 1. The van der Waals surface area contributed by atoms with Crippen LogP contribution in [0.5, 0.6) is 0 Å². The Bertz CT molecular complexity index is 1140. The number of benzene rings is 2. The molecule has 1 fully saturated rings. The molecule has 34 heavy (non-hydrogen) atoms. The Morgan fingerprint density at radius 3 is 2.38 bits per heavy atom. The van der Waals surface area contributed by atoms with Gasteiger partial charge in [0.05, 0.1) is 17.6 Å². The Kier molecular flexibility index (Phi) is 10.6. The summed E-state index contributed by atoms with van der Waals surface area (Å²) in [6.45, 7) is 4.28. The number of hydrogen-bond acceptors (Lipinski definition) is 7. The lowest BCUT2D eigenvalue weighted by Crippen LogP contribution is -2.41. The topological polar surface area (TPSA) is 98.0 Å². The van der Waals surface area contributed by atoms with Crippen LogP contribution in [-0.2, 0) is 6.54 Å². The normalized spacial score (nSPS) is 14.1. The van der Waals surface area contributed by atoms with Gasteiger partial charge >= 0.3 is 0 Å². The van der Waals surface area contributed by atoms with Crippen LogP contribution >= 0.6 is 37.2 Å². The summed E-state index contributed by atoms with van der Waals surface area (Å²) in [6.07, 6.45) is 2.15. The van der Waals surface area contributed by atoms with Gasteiger partial charge in [-0.25, -0.2) is 4.98 Å². The molecule has 0 spiro atoms. The SMILES string of the molecule is Cl.Cl.Cl.NCCN1CCC(Nc2nc3ccccc3n2Cc2noc(-c3ccccc3)n2)CC1. The average molecular weight is 527 g/mol. The number of halogens is 3. The van der Waals surface area contributed by atoms with Crippen molar-refractivity contribution in [3.05, 3.63) is 60.4 Å². The summed E-state index contributed by atoms with van der Waals surface area (Å²) in [5.74, 6) is 2.01. The quantitative estimate of drug-likeness (QED) is 0.372. The Balaban J connectivity index is 0.00000136. The van der Waals surface area contributed by atoms with Gasteiger partial charge in [-0.2, -0.15) is 4.98 Å². The molecular weight excluding hydrogens is 497 g/mol. The first-order chi connectivity index (χ1) is 15.3. The van der Waals surface area contributed by atoms with Crippen LogP contribution in [-0.4, -0.2) is 56.8 Å². The average Bonchev–Trinajstić information content (AvgIpc) is 3.41. The van der Waals surface area contributed by atoms with E-state index in [1.165, 1.54) is 0 Å². The first-order valence-electron chi connectivity index (χ1n) is 10.8. The van der Waals surface area contributed by atoms with Gasteiger partial charge in [0, 0.05) is 37.8 Å². The Morgan fingerprint density at radius 2 is 1.65 bits per heavy atom. The van der Waals surface area contributed by atoms with Crippen molar-refractivity contribution in [2.24, 2.45) is 5.73 Å². The van der Waals surface area contributed by atoms with Crippen LogP contribution in [0.3, 0.4) is 0 Å². The zero-order chi connectivity index (χ0) is 21.0. The van der Waals surface area contributed by atoms with Gasteiger partial charge in [-0.3, -0.25) is 0 Å². The minimum absolute atomic E-state index is 0. The van der Waals surface area contributed by atoms with Crippen molar-refractivity contribution in [1.82, 2.24) is 24.6 Å². The molecule has 0 radical (unpaired) electrons. The maximum Gasteiger partial charge on any atom is 0.257 e. The number of imidazole rings is 1. The number of nitrogens with one attached hydrogen (secondary N) is 1. The monoisotopic (exact) mass is 525 g/mol. The number of hydrogen-bond donors (Lipinski definition) is 2. The van der Waals surface area contributed by atoms with E-state index in [0.29, 0.717) is 30.8 Å². The molecule has 3 heterocycles. The first kappa shape index (κ1) is 27.9. The second-order valence-electron chi connectivity index (χ2n) is 7.94. The molecule has 8 nitrogen and oxygen atoms in total. The minimum atomic E-state index is 0. The largest absolute Gasteiger partial charge is 0.353 e. The van der Waals surface area contributed by atoms with Crippen LogP contribution < -0.4 is 11.1 Å². The molecule has 1 saturated heterocycles. The molecule has 0 amide bonds. The first-order valence-corrected chi connectivity index (χ1v) is 10.8. The van der Waals surface area contributed by atoms with E-state index < -0.39 is 0 Å². The van der Waals surface area contributed by atoms with E-state index in [2.05, 4.69) is 31.0 Å². The lowest BCUT2D eigenvalue weighted by Gasteiger charge is -2.32. The molecule has 4 aromatic rings. The second kappa shape index (κ2) is 12.9. The highest BCUT2D eigenvalue weighted by Gasteiger charge is 2.21. The van der Waals surface area contributed by atoms with E-state index in [1.54, 1.807) is 0 Å². The van der Waals surface area contributed by atoms with Crippen LogP contribution in [0.15, 0.2) is 59.1 Å². The molecule has 0 saturated carbocycles. The summed E-state index contributed by atoms with van der Waals surface area (Å²) < 4.78 is 7.65. The predicted molar refractivity (Wildman–Crippen MR) is 142 cm³/mol. The lowest BCUT2D eigenvalue weighted by atomic mass is 10.1. The highest BCUT2D eigenvalue weighted by Crippen LogP contribution is 2.24. The van der Waals surface area contributed by atoms with E-state index >= 15 is 0 Å². The number of aromatic nitrogens is 4. The fourth-order valence-electron chi connectivity index (χ4n) is 4.17. The molecule has 11 heteroatoms. The van der Waals surface area contributed by atoms with Crippen LogP contribution in [0, 0.1) is 0 Å². The van der Waals surface area contributed by atoms with Crippen molar-refractivity contribution in [1.29, 1.82) is 0 Å². The molecule has 2 aromatic carbocycles. The maximum atomic E-state index is 5.70. The number of para-hydroxylation sites is 2.